The maximum absolute atomic E-state index is 4.58. The number of hydrogen-bond acceptors (Lipinski definition) is 4. The van der Waals surface area contributed by atoms with Gasteiger partial charge in [0.25, 0.3) is 0 Å². The first-order valence-electron chi connectivity index (χ1n) is 6.58. The lowest BCUT2D eigenvalue weighted by Crippen LogP contribution is -2.08. The molecule has 0 saturated heterocycles. The standard InChI is InChI=1S/C15H19BrN4/c1-5-17-15-13(16)10(2)18-14(19-15)11-6-8-12(9-7-11)20(3)4/h6-9H,5H2,1-4H3,(H,17,18,19). The van der Waals surface area contributed by atoms with Crippen molar-refractivity contribution in [2.75, 3.05) is 30.9 Å². The molecular weight excluding hydrogens is 316 g/mol. The fourth-order valence-electron chi connectivity index (χ4n) is 1.88. The second-order valence-corrected chi connectivity index (χ2v) is 5.56. The first-order chi connectivity index (χ1) is 9.52. The zero-order valence-electron chi connectivity index (χ0n) is 12.2. The Labute approximate surface area is 128 Å². The van der Waals surface area contributed by atoms with E-state index in [0.29, 0.717) is 0 Å². The Bertz CT molecular complexity index is 594. The van der Waals surface area contributed by atoms with Gasteiger partial charge < -0.3 is 10.2 Å². The fourth-order valence-corrected chi connectivity index (χ4v) is 2.20. The van der Waals surface area contributed by atoms with Crippen LogP contribution in [0.4, 0.5) is 11.5 Å². The number of halogens is 1. The van der Waals surface area contributed by atoms with Crippen LogP contribution in [0.5, 0.6) is 0 Å². The maximum Gasteiger partial charge on any atom is 0.161 e. The number of hydrogen-bond donors (Lipinski definition) is 1. The smallest absolute Gasteiger partial charge is 0.161 e. The molecule has 1 heterocycles. The summed E-state index contributed by atoms with van der Waals surface area (Å²) in [5.41, 5.74) is 3.11. The van der Waals surface area contributed by atoms with Gasteiger partial charge in [-0.1, -0.05) is 0 Å². The summed E-state index contributed by atoms with van der Waals surface area (Å²) >= 11 is 3.52. The van der Waals surface area contributed by atoms with Crippen molar-refractivity contribution < 1.29 is 0 Å². The summed E-state index contributed by atoms with van der Waals surface area (Å²) in [5, 5.41) is 3.25. The van der Waals surface area contributed by atoms with Crippen molar-refractivity contribution >= 4 is 27.4 Å². The van der Waals surface area contributed by atoms with Crippen molar-refractivity contribution in [3.05, 3.63) is 34.4 Å². The van der Waals surface area contributed by atoms with Crippen molar-refractivity contribution in [1.82, 2.24) is 9.97 Å². The molecule has 0 unspecified atom stereocenters. The second-order valence-electron chi connectivity index (χ2n) is 4.77. The van der Waals surface area contributed by atoms with E-state index in [1.807, 2.05) is 33.2 Å². The van der Waals surface area contributed by atoms with E-state index in [1.165, 1.54) is 0 Å². The number of anilines is 2. The summed E-state index contributed by atoms with van der Waals surface area (Å²) in [6.45, 7) is 4.85. The van der Waals surface area contributed by atoms with Gasteiger partial charge in [-0.3, -0.25) is 0 Å². The van der Waals surface area contributed by atoms with Gasteiger partial charge in [0.1, 0.15) is 5.82 Å². The van der Waals surface area contributed by atoms with Gasteiger partial charge in [0.05, 0.1) is 10.2 Å². The van der Waals surface area contributed by atoms with Crippen molar-refractivity contribution in [2.45, 2.75) is 13.8 Å². The minimum atomic E-state index is 0.743. The Morgan fingerprint density at radius 3 is 2.35 bits per heavy atom. The Morgan fingerprint density at radius 1 is 1.15 bits per heavy atom. The molecule has 0 amide bonds. The number of nitrogens with zero attached hydrogens (tertiary/aromatic N) is 3. The zero-order valence-corrected chi connectivity index (χ0v) is 13.8. The molecule has 5 heteroatoms. The number of benzene rings is 1. The molecule has 0 spiro atoms. The predicted molar refractivity (Wildman–Crippen MR) is 88.4 cm³/mol. The van der Waals surface area contributed by atoms with Crippen LogP contribution < -0.4 is 10.2 Å². The molecule has 1 N–H and O–H groups in total. The van der Waals surface area contributed by atoms with E-state index in [0.717, 1.165) is 39.6 Å². The quantitative estimate of drug-likeness (QED) is 0.925. The third kappa shape index (κ3) is 3.10. The molecule has 0 aliphatic carbocycles. The lowest BCUT2D eigenvalue weighted by Gasteiger charge is -2.13. The topological polar surface area (TPSA) is 41.1 Å². The zero-order chi connectivity index (χ0) is 14.7. The number of rotatable bonds is 4. The van der Waals surface area contributed by atoms with Crippen LogP contribution in [0.15, 0.2) is 28.7 Å². The van der Waals surface area contributed by atoms with E-state index in [9.17, 15) is 0 Å². The largest absolute Gasteiger partial charge is 0.378 e. The molecule has 0 bridgehead atoms. The van der Waals surface area contributed by atoms with Gasteiger partial charge in [-0.05, 0) is 54.0 Å². The average molecular weight is 335 g/mol. The van der Waals surface area contributed by atoms with E-state index in [1.54, 1.807) is 0 Å². The first-order valence-corrected chi connectivity index (χ1v) is 7.38. The van der Waals surface area contributed by atoms with E-state index in [-0.39, 0.29) is 0 Å². The first kappa shape index (κ1) is 14.8. The van der Waals surface area contributed by atoms with Crippen LogP contribution in [-0.2, 0) is 0 Å². The Kier molecular flexibility index (Phi) is 4.60. The Balaban J connectivity index is 2.41. The minimum Gasteiger partial charge on any atom is -0.378 e. The summed E-state index contributed by atoms with van der Waals surface area (Å²) in [7, 11) is 4.05. The van der Waals surface area contributed by atoms with Crippen molar-refractivity contribution in [3.8, 4) is 11.4 Å². The molecule has 2 aromatic rings. The monoisotopic (exact) mass is 334 g/mol. The van der Waals surface area contributed by atoms with Gasteiger partial charge in [-0.15, -0.1) is 0 Å². The number of aryl methyl sites for hydroxylation is 1. The Hall–Kier alpha value is -1.62. The third-order valence-corrected chi connectivity index (χ3v) is 3.95. The molecule has 2 rings (SSSR count). The highest BCUT2D eigenvalue weighted by Crippen LogP contribution is 2.27. The molecule has 0 aliphatic rings. The Morgan fingerprint density at radius 2 is 1.80 bits per heavy atom. The van der Waals surface area contributed by atoms with Crippen LogP contribution in [-0.4, -0.2) is 30.6 Å². The van der Waals surface area contributed by atoms with Crippen LogP contribution in [0, 0.1) is 6.92 Å². The predicted octanol–water partition coefficient (Wildman–Crippen LogP) is 3.71. The van der Waals surface area contributed by atoms with Gasteiger partial charge >= 0.3 is 0 Å². The minimum absolute atomic E-state index is 0.743. The summed E-state index contributed by atoms with van der Waals surface area (Å²) in [4.78, 5) is 11.2. The SMILES string of the molecule is CCNc1nc(-c2ccc(N(C)C)cc2)nc(C)c1Br. The van der Waals surface area contributed by atoms with Crippen LogP contribution in [0.3, 0.4) is 0 Å². The van der Waals surface area contributed by atoms with E-state index < -0.39 is 0 Å². The molecule has 106 valence electrons. The van der Waals surface area contributed by atoms with E-state index in [2.05, 4.69) is 55.2 Å². The second kappa shape index (κ2) is 6.22. The van der Waals surface area contributed by atoms with Gasteiger partial charge in [-0.2, -0.15) is 0 Å². The summed E-state index contributed by atoms with van der Waals surface area (Å²) in [6, 6.07) is 8.24. The van der Waals surface area contributed by atoms with Gasteiger partial charge in [0.2, 0.25) is 0 Å². The highest BCUT2D eigenvalue weighted by molar-refractivity contribution is 9.10. The van der Waals surface area contributed by atoms with E-state index >= 15 is 0 Å². The summed E-state index contributed by atoms with van der Waals surface area (Å²) < 4.78 is 0.924. The summed E-state index contributed by atoms with van der Waals surface area (Å²) in [6.07, 6.45) is 0. The highest BCUT2D eigenvalue weighted by atomic mass is 79.9. The fraction of sp³-hybridized carbons (Fsp3) is 0.333. The van der Waals surface area contributed by atoms with Crippen LogP contribution in [0.25, 0.3) is 11.4 Å². The normalized spacial score (nSPS) is 10.4. The van der Waals surface area contributed by atoms with E-state index in [4.69, 9.17) is 0 Å². The maximum atomic E-state index is 4.58. The molecular formula is C15H19BrN4. The van der Waals surface area contributed by atoms with Crippen LogP contribution in [0.2, 0.25) is 0 Å². The number of nitrogens with one attached hydrogen (secondary N) is 1. The molecule has 1 aromatic carbocycles. The molecule has 4 nitrogen and oxygen atoms in total. The number of aromatic nitrogens is 2. The summed E-state index contributed by atoms with van der Waals surface area (Å²) in [5.74, 6) is 1.58. The van der Waals surface area contributed by atoms with Crippen molar-refractivity contribution in [3.63, 3.8) is 0 Å². The molecule has 0 fully saturated rings. The molecule has 0 atom stereocenters. The molecule has 0 radical (unpaired) electrons. The average Bonchev–Trinajstić information content (AvgIpc) is 2.44. The van der Waals surface area contributed by atoms with Gasteiger partial charge in [0.15, 0.2) is 5.82 Å². The molecule has 1 aromatic heterocycles. The molecule has 0 saturated carbocycles. The van der Waals surface area contributed by atoms with Crippen molar-refractivity contribution in [2.24, 2.45) is 0 Å². The molecule has 20 heavy (non-hydrogen) atoms. The van der Waals surface area contributed by atoms with Crippen LogP contribution >= 0.6 is 15.9 Å². The third-order valence-electron chi connectivity index (χ3n) is 3.00. The molecule has 0 aliphatic heterocycles. The van der Waals surface area contributed by atoms with Gasteiger partial charge in [0, 0.05) is 31.9 Å². The highest BCUT2D eigenvalue weighted by Gasteiger charge is 2.10. The van der Waals surface area contributed by atoms with Gasteiger partial charge in [-0.25, -0.2) is 9.97 Å². The lowest BCUT2D eigenvalue weighted by atomic mass is 10.2. The van der Waals surface area contributed by atoms with Crippen molar-refractivity contribution in [1.29, 1.82) is 0 Å². The lowest BCUT2D eigenvalue weighted by molar-refractivity contribution is 1.06. The van der Waals surface area contributed by atoms with Crippen LogP contribution in [0.1, 0.15) is 12.6 Å².